The zero-order valence-electron chi connectivity index (χ0n) is 27.2. The van der Waals surface area contributed by atoms with Gasteiger partial charge in [-0.3, -0.25) is 4.98 Å². The summed E-state index contributed by atoms with van der Waals surface area (Å²) in [4.78, 5) is 17.6. The Morgan fingerprint density at radius 1 is 1.09 bits per heavy atom. The number of carboxylic acid groups (broad SMARTS) is 1. The van der Waals surface area contributed by atoms with Gasteiger partial charge in [-0.25, -0.2) is 4.79 Å². The number of carbonyl (C=O) groups is 1. The number of anilines is 1. The number of benzene rings is 2. The lowest BCUT2D eigenvalue weighted by molar-refractivity contribution is -0.144. The maximum Gasteiger partial charge on any atom is 0.329 e. The number of carboxylic acids is 1. The third kappa shape index (κ3) is 6.22. The normalized spacial score (nSPS) is 27.5. The van der Waals surface area contributed by atoms with Crippen molar-refractivity contribution >= 4 is 23.3 Å². The molecule has 1 spiro atoms. The Kier molecular flexibility index (Phi) is 8.69. The minimum atomic E-state index is -1.03. The second-order valence-electron chi connectivity index (χ2n) is 14.8. The molecule has 1 heterocycles. The van der Waals surface area contributed by atoms with Crippen molar-refractivity contribution in [3.05, 3.63) is 82.1 Å². The van der Waals surface area contributed by atoms with Gasteiger partial charge in [-0.1, -0.05) is 37.6 Å². The number of ether oxygens (including phenoxy) is 2. The van der Waals surface area contributed by atoms with Crippen LogP contribution in [0.2, 0.25) is 5.02 Å². The molecule has 46 heavy (non-hydrogen) atoms. The van der Waals surface area contributed by atoms with E-state index < -0.39 is 11.5 Å². The lowest BCUT2D eigenvalue weighted by Crippen LogP contribution is -2.53. The fourth-order valence-corrected chi connectivity index (χ4v) is 8.86. The predicted molar refractivity (Wildman–Crippen MR) is 182 cm³/mol. The molecule has 4 aliphatic rings. The lowest BCUT2D eigenvalue weighted by Gasteiger charge is -2.47. The van der Waals surface area contributed by atoms with Gasteiger partial charge in [0.05, 0.1) is 13.2 Å². The van der Waals surface area contributed by atoms with Gasteiger partial charge in [-0.2, -0.15) is 0 Å². The van der Waals surface area contributed by atoms with E-state index in [0.717, 1.165) is 55.9 Å². The number of aryl methyl sites for hydroxylation is 1. The molecule has 2 saturated carbocycles. The Balaban J connectivity index is 1.12. The van der Waals surface area contributed by atoms with Crippen LogP contribution in [-0.2, 0) is 23.1 Å². The van der Waals surface area contributed by atoms with Crippen LogP contribution < -0.4 is 14.8 Å². The first-order chi connectivity index (χ1) is 22.2. The molecule has 6 nitrogen and oxygen atoms in total. The number of nitrogens with one attached hydrogen (secondary N) is 1. The van der Waals surface area contributed by atoms with E-state index in [2.05, 4.69) is 42.3 Å². The molecule has 0 amide bonds. The molecule has 0 bridgehead atoms. The van der Waals surface area contributed by atoms with Crippen molar-refractivity contribution < 1.29 is 19.4 Å². The highest BCUT2D eigenvalue weighted by Crippen LogP contribution is 2.57. The highest BCUT2D eigenvalue weighted by atomic mass is 35.5. The molecule has 0 saturated heterocycles. The van der Waals surface area contributed by atoms with E-state index in [9.17, 15) is 9.90 Å². The SMILES string of the molecule is C[C@@H](COc1ccnc2c1[C@H](C)CCC2)C[C@@H]1Cc2ccc(OCC3CC3)cc2C12CCC(Nc1cccc(Cl)c1)(C(=O)O)CC2. The van der Waals surface area contributed by atoms with Crippen molar-refractivity contribution in [3.8, 4) is 11.5 Å². The Labute approximate surface area is 278 Å². The molecular weight excluding hydrogens is 596 g/mol. The molecular formula is C39H47ClN2O4. The summed E-state index contributed by atoms with van der Waals surface area (Å²) >= 11 is 6.27. The van der Waals surface area contributed by atoms with Crippen LogP contribution in [-0.4, -0.2) is 34.8 Å². The van der Waals surface area contributed by atoms with Gasteiger partial charge >= 0.3 is 5.97 Å². The van der Waals surface area contributed by atoms with Gasteiger partial charge in [-0.05, 0) is 147 Å². The van der Waals surface area contributed by atoms with Crippen LogP contribution >= 0.6 is 11.6 Å². The molecule has 2 fully saturated rings. The van der Waals surface area contributed by atoms with Crippen molar-refractivity contribution in [1.82, 2.24) is 4.98 Å². The van der Waals surface area contributed by atoms with Gasteiger partial charge in [0.1, 0.15) is 17.0 Å². The average molecular weight is 643 g/mol. The number of fused-ring (bicyclic) bond motifs is 3. The van der Waals surface area contributed by atoms with E-state index in [4.69, 9.17) is 21.1 Å². The summed E-state index contributed by atoms with van der Waals surface area (Å²) in [5.74, 6) is 3.07. The number of hydrogen-bond acceptors (Lipinski definition) is 5. The number of aromatic nitrogens is 1. The van der Waals surface area contributed by atoms with Gasteiger partial charge in [0.25, 0.3) is 0 Å². The van der Waals surface area contributed by atoms with Crippen LogP contribution in [0.25, 0.3) is 0 Å². The van der Waals surface area contributed by atoms with Crippen LogP contribution in [0.1, 0.15) is 99.9 Å². The van der Waals surface area contributed by atoms with Crippen molar-refractivity contribution in [2.24, 2.45) is 17.8 Å². The summed E-state index contributed by atoms with van der Waals surface area (Å²) < 4.78 is 12.8. The Morgan fingerprint density at radius 2 is 1.91 bits per heavy atom. The number of hydrogen-bond donors (Lipinski definition) is 2. The number of pyridine rings is 1. The molecule has 2 N–H and O–H groups in total. The first kappa shape index (κ1) is 31.4. The van der Waals surface area contributed by atoms with Crippen molar-refractivity contribution in [3.63, 3.8) is 0 Å². The van der Waals surface area contributed by atoms with Crippen molar-refractivity contribution in [2.75, 3.05) is 18.5 Å². The van der Waals surface area contributed by atoms with Crippen LogP contribution in [0.4, 0.5) is 5.69 Å². The summed E-state index contributed by atoms with van der Waals surface area (Å²) in [6.45, 7) is 6.05. The molecule has 1 aromatic heterocycles. The van der Waals surface area contributed by atoms with Crippen LogP contribution in [0.5, 0.6) is 11.5 Å². The summed E-state index contributed by atoms with van der Waals surface area (Å²) in [6, 6.07) is 16.1. The standard InChI is InChI=1S/C39H47ClN2O4/c1-25(23-46-35-13-18-41-34-8-3-5-26(2)36(34)35)19-29-20-28-11-12-32(45-24-27-9-10-27)22-33(28)38(29)14-16-39(17-15-38,37(43)44)42-31-7-4-6-30(40)21-31/h4,6-7,11-13,18,21-22,25-27,29,42H,3,5,8-10,14-17,19-20,23-24H2,1-2H3,(H,43,44)/t25-,26-,29-,38?,39?/m1/s1. The molecule has 7 rings (SSSR count). The van der Waals surface area contributed by atoms with E-state index in [1.54, 1.807) is 0 Å². The Hall–Kier alpha value is -3.25. The molecule has 244 valence electrons. The maximum atomic E-state index is 12.9. The topological polar surface area (TPSA) is 80.7 Å². The molecule has 3 aromatic rings. The van der Waals surface area contributed by atoms with E-state index >= 15 is 0 Å². The molecule has 3 atom stereocenters. The summed E-state index contributed by atoms with van der Waals surface area (Å²) in [5.41, 5.74) is 4.88. The minimum absolute atomic E-state index is 0.0954. The number of halogens is 1. The predicted octanol–water partition coefficient (Wildman–Crippen LogP) is 8.99. The fraction of sp³-hybridized carbons (Fsp3) is 0.538. The largest absolute Gasteiger partial charge is 0.493 e. The van der Waals surface area contributed by atoms with Crippen LogP contribution in [0.15, 0.2) is 54.7 Å². The van der Waals surface area contributed by atoms with Crippen LogP contribution in [0.3, 0.4) is 0 Å². The highest BCUT2D eigenvalue weighted by molar-refractivity contribution is 6.30. The van der Waals surface area contributed by atoms with Gasteiger partial charge in [0, 0.05) is 28.2 Å². The third-order valence-electron chi connectivity index (χ3n) is 11.4. The monoisotopic (exact) mass is 642 g/mol. The third-order valence-corrected chi connectivity index (χ3v) is 11.7. The smallest absolute Gasteiger partial charge is 0.329 e. The minimum Gasteiger partial charge on any atom is -0.493 e. The summed E-state index contributed by atoms with van der Waals surface area (Å²) in [5, 5.41) is 14.6. The second kappa shape index (κ2) is 12.7. The maximum absolute atomic E-state index is 12.9. The van der Waals surface area contributed by atoms with Crippen LogP contribution in [0, 0.1) is 17.8 Å². The molecule has 2 aromatic carbocycles. The lowest BCUT2D eigenvalue weighted by atomic mass is 9.59. The van der Waals surface area contributed by atoms with Gasteiger partial charge < -0.3 is 19.9 Å². The Bertz CT molecular complexity index is 1580. The number of rotatable bonds is 11. The molecule has 0 radical (unpaired) electrons. The first-order valence-electron chi connectivity index (χ1n) is 17.4. The molecule has 0 unspecified atom stereocenters. The van der Waals surface area contributed by atoms with E-state index in [1.165, 1.54) is 48.1 Å². The summed E-state index contributed by atoms with van der Waals surface area (Å²) in [7, 11) is 0. The molecule has 7 heteroatoms. The fourth-order valence-electron chi connectivity index (χ4n) is 8.67. The zero-order valence-corrected chi connectivity index (χ0v) is 28.0. The van der Waals surface area contributed by atoms with Gasteiger partial charge in [0.2, 0.25) is 0 Å². The number of aliphatic carboxylic acids is 1. The second-order valence-corrected chi connectivity index (χ2v) is 15.2. The first-order valence-corrected chi connectivity index (χ1v) is 17.8. The van der Waals surface area contributed by atoms with E-state index in [1.807, 2.05) is 36.5 Å². The molecule has 4 aliphatic carbocycles. The summed E-state index contributed by atoms with van der Waals surface area (Å²) in [6.07, 6.45) is 12.6. The molecule has 0 aliphatic heterocycles. The van der Waals surface area contributed by atoms with Gasteiger partial charge in [0.15, 0.2) is 0 Å². The quantitative estimate of drug-likeness (QED) is 0.217. The van der Waals surface area contributed by atoms with Crippen molar-refractivity contribution in [1.29, 1.82) is 0 Å². The van der Waals surface area contributed by atoms with Crippen molar-refractivity contribution in [2.45, 2.75) is 101 Å². The van der Waals surface area contributed by atoms with E-state index in [0.29, 0.717) is 48.1 Å². The average Bonchev–Trinajstić information content (AvgIpc) is 3.84. The van der Waals surface area contributed by atoms with Gasteiger partial charge in [-0.15, -0.1) is 0 Å². The Morgan fingerprint density at radius 3 is 2.67 bits per heavy atom. The highest BCUT2D eigenvalue weighted by Gasteiger charge is 2.54. The zero-order chi connectivity index (χ0) is 31.9. The number of nitrogens with zero attached hydrogens (tertiary/aromatic N) is 1. The van der Waals surface area contributed by atoms with E-state index in [-0.39, 0.29) is 5.41 Å².